The predicted molar refractivity (Wildman–Crippen MR) is 136 cm³/mol. The van der Waals surface area contributed by atoms with Gasteiger partial charge in [-0.1, -0.05) is 49.4 Å². The smallest absolute Gasteiger partial charge is 0.271 e. The Morgan fingerprint density at radius 1 is 1.09 bits per heavy atom. The number of hydrazone groups is 1. The number of nitrogens with one attached hydrogen (secondary N) is 1. The van der Waals surface area contributed by atoms with Gasteiger partial charge in [0.2, 0.25) is 5.91 Å². The lowest BCUT2D eigenvalue weighted by atomic mass is 10.1. The van der Waals surface area contributed by atoms with Gasteiger partial charge in [-0.15, -0.1) is 11.8 Å². The third-order valence-corrected chi connectivity index (χ3v) is 6.61. The van der Waals surface area contributed by atoms with Gasteiger partial charge in [0.15, 0.2) is 0 Å². The zero-order chi connectivity index (χ0) is 23.8. The van der Waals surface area contributed by atoms with Crippen LogP contribution in [0.15, 0.2) is 84.0 Å². The zero-order valence-electron chi connectivity index (χ0n) is 19.0. The van der Waals surface area contributed by atoms with Crippen LogP contribution in [0.4, 0.5) is 0 Å². The maximum Gasteiger partial charge on any atom is 0.271 e. The maximum atomic E-state index is 12.5. The molecule has 3 aromatic carbocycles. The van der Waals surface area contributed by atoms with Crippen molar-refractivity contribution in [2.75, 3.05) is 12.4 Å². The Morgan fingerprint density at radius 3 is 2.53 bits per heavy atom. The van der Waals surface area contributed by atoms with Crippen molar-refractivity contribution in [2.24, 2.45) is 5.10 Å². The molecule has 0 aromatic heterocycles. The summed E-state index contributed by atoms with van der Waals surface area (Å²) in [5.74, 6) is 1.11. The Balaban J connectivity index is 1.34. The van der Waals surface area contributed by atoms with Crippen molar-refractivity contribution in [1.29, 1.82) is 0 Å². The quantitative estimate of drug-likeness (QED) is 0.350. The number of nitrogens with zero attached hydrogens (tertiary/aromatic N) is 2. The molecule has 7 heteroatoms. The van der Waals surface area contributed by atoms with Crippen LogP contribution in [0, 0.1) is 0 Å². The Labute approximate surface area is 204 Å². The van der Waals surface area contributed by atoms with Crippen LogP contribution in [0.25, 0.3) is 0 Å². The summed E-state index contributed by atoms with van der Waals surface area (Å²) in [6, 6.07) is 24.8. The van der Waals surface area contributed by atoms with Crippen LogP contribution in [0.2, 0.25) is 0 Å². The largest absolute Gasteiger partial charge is 0.494 e. The predicted octanol–water partition coefficient (Wildman–Crippen LogP) is 5.01. The molecule has 2 amide bonds. The van der Waals surface area contributed by atoms with E-state index in [1.807, 2.05) is 71.6 Å². The molecule has 4 rings (SSSR count). The van der Waals surface area contributed by atoms with Crippen LogP contribution in [0.5, 0.6) is 5.75 Å². The molecule has 1 fully saturated rings. The van der Waals surface area contributed by atoms with E-state index in [-0.39, 0.29) is 17.2 Å². The second-order valence-electron chi connectivity index (χ2n) is 7.91. The van der Waals surface area contributed by atoms with Crippen LogP contribution in [0.3, 0.4) is 0 Å². The second-order valence-corrected chi connectivity index (χ2v) is 8.98. The monoisotopic (exact) mass is 473 g/mol. The number of hydrogen-bond donors (Lipinski definition) is 1. The summed E-state index contributed by atoms with van der Waals surface area (Å²) >= 11 is 1.61. The average Bonchev–Trinajstić information content (AvgIpc) is 3.24. The van der Waals surface area contributed by atoms with Crippen LogP contribution in [0.1, 0.15) is 45.8 Å². The number of carbonyl (C=O) groups is 2. The number of rotatable bonds is 9. The first kappa shape index (κ1) is 23.6. The molecule has 174 valence electrons. The van der Waals surface area contributed by atoms with E-state index in [1.54, 1.807) is 30.1 Å². The summed E-state index contributed by atoms with van der Waals surface area (Å²) in [6.45, 7) is 3.32. The topological polar surface area (TPSA) is 71.0 Å². The first-order chi connectivity index (χ1) is 16.6. The summed E-state index contributed by atoms with van der Waals surface area (Å²) in [6.07, 6.45) is 2.55. The van der Waals surface area contributed by atoms with Crippen molar-refractivity contribution < 1.29 is 14.3 Å². The molecular formula is C27H27N3O3S. The first-order valence-corrected chi connectivity index (χ1v) is 12.3. The van der Waals surface area contributed by atoms with Gasteiger partial charge in [0, 0.05) is 12.1 Å². The Morgan fingerprint density at radius 2 is 1.82 bits per heavy atom. The lowest BCUT2D eigenvalue weighted by Gasteiger charge is -2.24. The van der Waals surface area contributed by atoms with E-state index in [0.717, 1.165) is 28.9 Å². The lowest BCUT2D eigenvalue weighted by molar-refractivity contribution is -0.128. The molecule has 6 nitrogen and oxygen atoms in total. The third-order valence-electron chi connectivity index (χ3n) is 5.35. The highest BCUT2D eigenvalue weighted by molar-refractivity contribution is 8.00. The number of ether oxygens (including phenoxy) is 1. The summed E-state index contributed by atoms with van der Waals surface area (Å²) in [7, 11) is 0. The van der Waals surface area contributed by atoms with Crippen LogP contribution < -0.4 is 10.2 Å². The summed E-state index contributed by atoms with van der Waals surface area (Å²) in [5.41, 5.74) is 6.03. The van der Waals surface area contributed by atoms with Gasteiger partial charge in [0.25, 0.3) is 5.91 Å². The first-order valence-electron chi connectivity index (χ1n) is 11.3. The van der Waals surface area contributed by atoms with Crippen molar-refractivity contribution in [3.05, 3.63) is 101 Å². The minimum absolute atomic E-state index is 0.0629. The van der Waals surface area contributed by atoms with E-state index < -0.39 is 0 Å². The molecule has 0 aliphatic carbocycles. The molecule has 0 bridgehead atoms. The van der Waals surface area contributed by atoms with Crippen molar-refractivity contribution in [3.8, 4) is 5.75 Å². The Hall–Kier alpha value is -3.58. The highest BCUT2D eigenvalue weighted by atomic mass is 32.2. The van der Waals surface area contributed by atoms with Crippen molar-refractivity contribution in [3.63, 3.8) is 0 Å². The van der Waals surface area contributed by atoms with E-state index in [0.29, 0.717) is 24.5 Å². The number of benzene rings is 3. The van der Waals surface area contributed by atoms with Crippen LogP contribution in [-0.2, 0) is 11.3 Å². The van der Waals surface area contributed by atoms with E-state index in [4.69, 9.17) is 4.74 Å². The molecule has 1 atom stereocenters. The van der Waals surface area contributed by atoms with Crippen molar-refractivity contribution in [1.82, 2.24) is 10.3 Å². The molecule has 0 radical (unpaired) electrons. The summed E-state index contributed by atoms with van der Waals surface area (Å²) in [5, 5.41) is 3.99. The van der Waals surface area contributed by atoms with Gasteiger partial charge in [-0.2, -0.15) is 5.10 Å². The van der Waals surface area contributed by atoms with Crippen molar-refractivity contribution >= 4 is 29.8 Å². The summed E-state index contributed by atoms with van der Waals surface area (Å²) in [4.78, 5) is 26.8. The zero-order valence-corrected chi connectivity index (χ0v) is 19.8. The molecule has 0 unspecified atom stereocenters. The highest BCUT2D eigenvalue weighted by Crippen LogP contribution is 2.39. The molecule has 1 aliphatic rings. The van der Waals surface area contributed by atoms with E-state index >= 15 is 0 Å². The molecule has 1 N–H and O–H groups in total. The van der Waals surface area contributed by atoms with Crippen LogP contribution in [-0.4, -0.2) is 35.3 Å². The average molecular weight is 474 g/mol. The molecular weight excluding hydrogens is 446 g/mol. The van der Waals surface area contributed by atoms with Gasteiger partial charge in [-0.25, -0.2) is 5.43 Å². The molecule has 34 heavy (non-hydrogen) atoms. The molecule has 0 spiro atoms. The normalized spacial score (nSPS) is 15.6. The lowest BCUT2D eigenvalue weighted by Crippen LogP contribution is -2.27. The molecule has 1 heterocycles. The minimum atomic E-state index is -0.290. The van der Waals surface area contributed by atoms with Crippen LogP contribution >= 0.6 is 11.8 Å². The van der Waals surface area contributed by atoms with Gasteiger partial charge in [0.1, 0.15) is 11.1 Å². The standard InChI is InChI=1S/C27H27N3O3S/c1-2-16-33-24-14-8-20(9-15-24)17-28-29-26(32)22-10-12-23(13-11-22)27-30(25(31)19-34-27)18-21-6-4-3-5-7-21/h3-15,17,27H,2,16,18-19H2,1H3,(H,29,32)/b28-17-/t27-/m1/s1. The minimum Gasteiger partial charge on any atom is -0.494 e. The Bertz CT molecular complexity index is 1130. The Kier molecular flexibility index (Phi) is 7.99. The van der Waals surface area contributed by atoms with Crippen molar-refractivity contribution in [2.45, 2.75) is 25.3 Å². The molecule has 1 saturated heterocycles. The fraction of sp³-hybridized carbons (Fsp3) is 0.222. The number of carbonyl (C=O) groups excluding carboxylic acids is 2. The molecule has 1 aliphatic heterocycles. The molecule has 3 aromatic rings. The van der Waals surface area contributed by atoms with E-state index in [1.165, 1.54) is 0 Å². The second kappa shape index (κ2) is 11.5. The van der Waals surface area contributed by atoms with Gasteiger partial charge in [-0.3, -0.25) is 9.59 Å². The third kappa shape index (κ3) is 6.05. The van der Waals surface area contributed by atoms with Gasteiger partial charge in [-0.05, 0) is 59.5 Å². The van der Waals surface area contributed by atoms with Gasteiger partial charge in [0.05, 0.1) is 18.6 Å². The number of hydrogen-bond acceptors (Lipinski definition) is 5. The fourth-order valence-corrected chi connectivity index (χ4v) is 4.77. The number of thioether (sulfide) groups is 1. The highest BCUT2D eigenvalue weighted by Gasteiger charge is 2.32. The fourth-order valence-electron chi connectivity index (χ4n) is 3.58. The van der Waals surface area contributed by atoms with E-state index in [2.05, 4.69) is 17.5 Å². The maximum absolute atomic E-state index is 12.5. The van der Waals surface area contributed by atoms with Gasteiger partial charge >= 0.3 is 0 Å². The number of amides is 2. The van der Waals surface area contributed by atoms with E-state index in [9.17, 15) is 9.59 Å². The summed E-state index contributed by atoms with van der Waals surface area (Å²) < 4.78 is 5.56. The molecule has 0 saturated carbocycles. The van der Waals surface area contributed by atoms with Gasteiger partial charge < -0.3 is 9.64 Å². The SMILES string of the molecule is CCCOc1ccc(/C=N\NC(=O)c2ccc([C@H]3SCC(=O)N3Cc3ccccc3)cc2)cc1.